The van der Waals surface area contributed by atoms with Crippen molar-refractivity contribution in [2.24, 2.45) is 5.92 Å². The molecule has 1 aromatic heterocycles. The van der Waals surface area contributed by atoms with Crippen LogP contribution in [0.3, 0.4) is 0 Å². The lowest BCUT2D eigenvalue weighted by atomic mass is 9.78. The number of fused-ring (bicyclic) bond motifs is 1. The highest BCUT2D eigenvalue weighted by molar-refractivity contribution is 7.14. The average molecular weight is 362 g/mol. The van der Waals surface area contributed by atoms with E-state index in [1.165, 1.54) is 37.0 Å². The van der Waals surface area contributed by atoms with Crippen molar-refractivity contribution >= 4 is 28.4 Å². The van der Waals surface area contributed by atoms with Gasteiger partial charge in [-0.25, -0.2) is 9.78 Å². The summed E-state index contributed by atoms with van der Waals surface area (Å²) in [7, 11) is 0. The molecule has 6 nitrogen and oxygen atoms in total. The molecule has 1 aliphatic carbocycles. The molecule has 3 aliphatic rings. The van der Waals surface area contributed by atoms with Gasteiger partial charge in [-0.15, -0.1) is 11.3 Å². The molecule has 2 aliphatic heterocycles. The summed E-state index contributed by atoms with van der Waals surface area (Å²) in [6, 6.07) is 0.362. The van der Waals surface area contributed by atoms with E-state index in [9.17, 15) is 9.59 Å². The zero-order valence-electron chi connectivity index (χ0n) is 14.6. The van der Waals surface area contributed by atoms with E-state index >= 15 is 0 Å². The van der Waals surface area contributed by atoms with Gasteiger partial charge in [-0.2, -0.15) is 0 Å². The van der Waals surface area contributed by atoms with Gasteiger partial charge in [-0.1, -0.05) is 12.8 Å². The molecule has 1 N–H and O–H groups in total. The first-order valence-electron chi connectivity index (χ1n) is 9.51. The normalized spacial score (nSPS) is 27.0. The van der Waals surface area contributed by atoms with Crippen LogP contribution >= 0.6 is 11.3 Å². The number of piperidine rings is 1. The van der Waals surface area contributed by atoms with Gasteiger partial charge in [-0.3, -0.25) is 9.69 Å². The number of likely N-dealkylation sites (tertiary alicyclic amines) is 1. The molecule has 3 amide bonds. The SMILES string of the molecule is O=C1NCCCN1c1nc(CC(=O)N2CCC[C@@H]3CCCC[C@H]32)cs1. The monoisotopic (exact) mass is 362 g/mol. The number of anilines is 1. The van der Waals surface area contributed by atoms with E-state index in [-0.39, 0.29) is 11.9 Å². The Labute approximate surface area is 152 Å². The number of hydrogen-bond donors (Lipinski definition) is 1. The molecule has 3 heterocycles. The maximum absolute atomic E-state index is 12.9. The zero-order valence-corrected chi connectivity index (χ0v) is 15.4. The molecule has 4 rings (SSSR count). The summed E-state index contributed by atoms with van der Waals surface area (Å²) in [4.78, 5) is 33.2. The topological polar surface area (TPSA) is 65.5 Å². The van der Waals surface area contributed by atoms with Gasteiger partial charge in [0.25, 0.3) is 0 Å². The van der Waals surface area contributed by atoms with Crippen molar-refractivity contribution in [3.05, 3.63) is 11.1 Å². The van der Waals surface area contributed by atoms with Gasteiger partial charge >= 0.3 is 6.03 Å². The molecule has 1 aromatic rings. The lowest BCUT2D eigenvalue weighted by Crippen LogP contribution is -2.50. The Morgan fingerprint density at radius 2 is 2.04 bits per heavy atom. The van der Waals surface area contributed by atoms with Crippen molar-refractivity contribution in [1.29, 1.82) is 0 Å². The minimum atomic E-state index is -0.0837. The van der Waals surface area contributed by atoms with E-state index in [0.29, 0.717) is 30.1 Å². The minimum absolute atomic E-state index is 0.0837. The van der Waals surface area contributed by atoms with E-state index in [1.807, 2.05) is 5.38 Å². The first kappa shape index (κ1) is 16.8. The van der Waals surface area contributed by atoms with Crippen LogP contribution in [0, 0.1) is 5.92 Å². The van der Waals surface area contributed by atoms with Crippen LogP contribution in [0.15, 0.2) is 5.38 Å². The summed E-state index contributed by atoms with van der Waals surface area (Å²) in [6.07, 6.45) is 8.69. The number of nitrogens with zero attached hydrogens (tertiary/aromatic N) is 3. The Balaban J connectivity index is 1.41. The maximum Gasteiger partial charge on any atom is 0.323 e. The second-order valence-electron chi connectivity index (χ2n) is 7.38. The van der Waals surface area contributed by atoms with Crippen molar-refractivity contribution in [3.63, 3.8) is 0 Å². The molecule has 1 saturated carbocycles. The number of hydrogen-bond acceptors (Lipinski definition) is 4. The third-order valence-electron chi connectivity index (χ3n) is 5.75. The summed E-state index contributed by atoms with van der Waals surface area (Å²) in [5.41, 5.74) is 0.793. The van der Waals surface area contributed by atoms with E-state index in [4.69, 9.17) is 0 Å². The lowest BCUT2D eigenvalue weighted by Gasteiger charge is -2.44. The van der Waals surface area contributed by atoms with E-state index < -0.39 is 0 Å². The number of carbonyl (C=O) groups is 2. The molecular weight excluding hydrogens is 336 g/mol. The number of carbonyl (C=O) groups excluding carboxylic acids is 2. The molecule has 0 aromatic carbocycles. The quantitative estimate of drug-likeness (QED) is 0.899. The fourth-order valence-corrected chi connectivity index (χ4v) is 5.35. The highest BCUT2D eigenvalue weighted by Crippen LogP contribution is 2.35. The van der Waals surface area contributed by atoms with Crippen LogP contribution in [0.5, 0.6) is 0 Å². The molecule has 0 radical (unpaired) electrons. The second-order valence-corrected chi connectivity index (χ2v) is 8.21. The Morgan fingerprint density at radius 3 is 2.92 bits per heavy atom. The van der Waals surface area contributed by atoms with Crippen LogP contribution < -0.4 is 10.2 Å². The molecule has 7 heteroatoms. The van der Waals surface area contributed by atoms with Crippen molar-refractivity contribution in [3.8, 4) is 0 Å². The van der Waals surface area contributed by atoms with Gasteiger partial charge in [0.1, 0.15) is 0 Å². The maximum atomic E-state index is 12.9. The van der Waals surface area contributed by atoms with Gasteiger partial charge in [0.2, 0.25) is 5.91 Å². The predicted molar refractivity (Wildman–Crippen MR) is 97.9 cm³/mol. The molecule has 3 fully saturated rings. The highest BCUT2D eigenvalue weighted by Gasteiger charge is 2.35. The standard InChI is InChI=1S/C18H26N4O2S/c23-16(21-9-3-6-13-5-1-2-7-15(13)21)11-14-12-25-18(20-14)22-10-4-8-19-17(22)24/h12-13,15H,1-11H2,(H,19,24)/t13-,15+/m0/s1. The highest BCUT2D eigenvalue weighted by atomic mass is 32.1. The minimum Gasteiger partial charge on any atom is -0.339 e. The van der Waals surface area contributed by atoms with Gasteiger partial charge in [-0.05, 0) is 38.0 Å². The molecule has 25 heavy (non-hydrogen) atoms. The number of thiazole rings is 1. The van der Waals surface area contributed by atoms with Crippen LogP contribution in [0.4, 0.5) is 9.93 Å². The van der Waals surface area contributed by atoms with E-state index in [1.54, 1.807) is 4.90 Å². The van der Waals surface area contributed by atoms with Gasteiger partial charge in [0.15, 0.2) is 5.13 Å². The lowest BCUT2D eigenvalue weighted by molar-refractivity contribution is -0.136. The van der Waals surface area contributed by atoms with Crippen LogP contribution in [0.25, 0.3) is 0 Å². The van der Waals surface area contributed by atoms with Crippen LogP contribution in [-0.4, -0.2) is 47.5 Å². The largest absolute Gasteiger partial charge is 0.339 e. The van der Waals surface area contributed by atoms with Crippen molar-refractivity contribution in [2.45, 2.75) is 57.4 Å². The van der Waals surface area contributed by atoms with Crippen molar-refractivity contribution in [2.75, 3.05) is 24.5 Å². The third-order valence-corrected chi connectivity index (χ3v) is 6.66. The number of rotatable bonds is 3. The van der Waals surface area contributed by atoms with E-state index in [2.05, 4.69) is 15.2 Å². The Bertz CT molecular complexity index is 645. The smallest absolute Gasteiger partial charge is 0.323 e. The average Bonchev–Trinajstić information content (AvgIpc) is 3.09. The number of aromatic nitrogens is 1. The molecular formula is C18H26N4O2S. The Morgan fingerprint density at radius 1 is 1.20 bits per heavy atom. The third kappa shape index (κ3) is 3.52. The fourth-order valence-electron chi connectivity index (χ4n) is 4.50. The second kappa shape index (κ2) is 7.32. The van der Waals surface area contributed by atoms with Gasteiger partial charge < -0.3 is 10.2 Å². The predicted octanol–water partition coefficient (Wildman–Crippen LogP) is 2.79. The summed E-state index contributed by atoms with van der Waals surface area (Å²) < 4.78 is 0. The summed E-state index contributed by atoms with van der Waals surface area (Å²) in [5, 5.41) is 5.47. The Kier molecular flexibility index (Phi) is 4.92. The molecule has 2 saturated heterocycles. The van der Waals surface area contributed by atoms with Crippen molar-refractivity contribution in [1.82, 2.24) is 15.2 Å². The first-order valence-corrected chi connectivity index (χ1v) is 10.4. The fraction of sp³-hybridized carbons (Fsp3) is 0.722. The summed E-state index contributed by atoms with van der Waals surface area (Å²) in [6.45, 7) is 2.32. The van der Waals surface area contributed by atoms with Crippen LogP contribution in [0.1, 0.15) is 50.6 Å². The number of amides is 3. The van der Waals surface area contributed by atoms with Gasteiger partial charge in [0.05, 0.1) is 12.1 Å². The van der Waals surface area contributed by atoms with Crippen LogP contribution in [-0.2, 0) is 11.2 Å². The zero-order chi connectivity index (χ0) is 17.2. The van der Waals surface area contributed by atoms with Crippen LogP contribution in [0.2, 0.25) is 0 Å². The number of urea groups is 1. The van der Waals surface area contributed by atoms with Crippen molar-refractivity contribution < 1.29 is 9.59 Å². The summed E-state index contributed by atoms with van der Waals surface area (Å²) in [5.74, 6) is 0.908. The summed E-state index contributed by atoms with van der Waals surface area (Å²) >= 11 is 1.45. The molecule has 0 spiro atoms. The molecule has 136 valence electrons. The first-order chi connectivity index (χ1) is 12.2. The van der Waals surface area contributed by atoms with E-state index in [0.717, 1.165) is 38.0 Å². The molecule has 2 atom stereocenters. The Hall–Kier alpha value is -1.63. The molecule has 0 unspecified atom stereocenters. The van der Waals surface area contributed by atoms with Gasteiger partial charge in [0, 0.05) is 31.1 Å². The molecule has 0 bridgehead atoms. The number of nitrogens with one attached hydrogen (secondary N) is 1.